The minimum Gasteiger partial charge on any atom is -0.480 e. The average molecular weight is 284 g/mol. The third-order valence-electron chi connectivity index (χ3n) is 4.29. The van der Waals surface area contributed by atoms with E-state index in [4.69, 9.17) is 4.74 Å². The number of carboxylic acids is 1. The Bertz CT molecular complexity index is 371. The molecular formula is C14H24N2O4. The van der Waals surface area contributed by atoms with Gasteiger partial charge in [0.15, 0.2) is 0 Å². The van der Waals surface area contributed by atoms with Crippen LogP contribution >= 0.6 is 0 Å². The molecule has 0 atom stereocenters. The van der Waals surface area contributed by atoms with Crippen molar-refractivity contribution in [1.82, 2.24) is 10.6 Å². The first-order valence-corrected chi connectivity index (χ1v) is 7.35. The molecule has 1 saturated heterocycles. The highest BCUT2D eigenvalue weighted by Gasteiger charge is 2.40. The van der Waals surface area contributed by atoms with Crippen molar-refractivity contribution in [2.45, 2.75) is 56.6 Å². The summed E-state index contributed by atoms with van der Waals surface area (Å²) in [6, 6.07) is 0. The first-order chi connectivity index (χ1) is 9.46. The predicted molar refractivity (Wildman–Crippen MR) is 73.4 cm³/mol. The number of carbonyl (C=O) groups excluding carboxylic acids is 1. The first-order valence-electron chi connectivity index (χ1n) is 7.35. The van der Waals surface area contributed by atoms with Gasteiger partial charge in [-0.3, -0.25) is 4.79 Å². The van der Waals surface area contributed by atoms with E-state index >= 15 is 0 Å². The number of ether oxygens (including phenoxy) is 1. The number of hydrogen-bond acceptors (Lipinski definition) is 4. The van der Waals surface area contributed by atoms with Crippen molar-refractivity contribution in [1.29, 1.82) is 0 Å². The van der Waals surface area contributed by atoms with Gasteiger partial charge >= 0.3 is 5.97 Å². The smallest absolute Gasteiger partial charge is 0.329 e. The Morgan fingerprint density at radius 1 is 1.20 bits per heavy atom. The van der Waals surface area contributed by atoms with Gasteiger partial charge in [-0.05, 0) is 19.8 Å². The van der Waals surface area contributed by atoms with Gasteiger partial charge in [-0.2, -0.15) is 0 Å². The molecule has 0 aromatic carbocycles. The SMILES string of the molecule is CC1(OCC(=O)NC2(C(=O)O)CCCCCC2)CNC1. The maximum Gasteiger partial charge on any atom is 0.329 e. The van der Waals surface area contributed by atoms with Gasteiger partial charge in [-0.1, -0.05) is 25.7 Å². The predicted octanol–water partition coefficient (Wildman–Crippen LogP) is 0.659. The van der Waals surface area contributed by atoms with Gasteiger partial charge in [-0.25, -0.2) is 4.79 Å². The van der Waals surface area contributed by atoms with E-state index in [1.165, 1.54) is 0 Å². The van der Waals surface area contributed by atoms with E-state index in [9.17, 15) is 14.7 Å². The lowest BCUT2D eigenvalue weighted by molar-refractivity contribution is -0.151. The molecule has 0 aromatic rings. The summed E-state index contributed by atoms with van der Waals surface area (Å²) in [5.74, 6) is -1.26. The molecule has 1 aliphatic heterocycles. The maximum atomic E-state index is 12.0. The highest BCUT2D eigenvalue weighted by atomic mass is 16.5. The molecular weight excluding hydrogens is 260 g/mol. The lowest BCUT2D eigenvalue weighted by Crippen LogP contribution is -2.61. The largest absolute Gasteiger partial charge is 0.480 e. The van der Waals surface area contributed by atoms with E-state index in [1.807, 2.05) is 6.92 Å². The third-order valence-corrected chi connectivity index (χ3v) is 4.29. The fourth-order valence-electron chi connectivity index (χ4n) is 2.85. The molecule has 0 spiro atoms. The lowest BCUT2D eigenvalue weighted by atomic mass is 9.90. The fourth-order valence-corrected chi connectivity index (χ4v) is 2.85. The van der Waals surface area contributed by atoms with Gasteiger partial charge in [0, 0.05) is 13.1 Å². The molecule has 20 heavy (non-hydrogen) atoms. The van der Waals surface area contributed by atoms with Crippen LogP contribution in [-0.2, 0) is 14.3 Å². The van der Waals surface area contributed by atoms with Crippen LogP contribution in [0.15, 0.2) is 0 Å². The highest BCUT2D eigenvalue weighted by molar-refractivity contribution is 5.87. The molecule has 6 nitrogen and oxygen atoms in total. The van der Waals surface area contributed by atoms with Crippen molar-refractivity contribution < 1.29 is 19.4 Å². The van der Waals surface area contributed by atoms with Crippen molar-refractivity contribution in [3.63, 3.8) is 0 Å². The summed E-state index contributed by atoms with van der Waals surface area (Å²) in [6.07, 6.45) is 4.76. The number of carbonyl (C=O) groups is 2. The van der Waals surface area contributed by atoms with Crippen LogP contribution in [0, 0.1) is 0 Å². The summed E-state index contributed by atoms with van der Waals surface area (Å²) in [5.41, 5.74) is -1.40. The van der Waals surface area contributed by atoms with E-state index in [0.29, 0.717) is 12.8 Å². The quantitative estimate of drug-likeness (QED) is 0.646. The molecule has 1 aliphatic carbocycles. The Labute approximate surface area is 119 Å². The number of amides is 1. The van der Waals surface area contributed by atoms with Crippen molar-refractivity contribution in [2.75, 3.05) is 19.7 Å². The van der Waals surface area contributed by atoms with E-state index in [1.54, 1.807) is 0 Å². The van der Waals surface area contributed by atoms with Gasteiger partial charge in [-0.15, -0.1) is 0 Å². The minimum atomic E-state index is -1.10. The summed E-state index contributed by atoms with van der Waals surface area (Å²) < 4.78 is 5.56. The summed E-state index contributed by atoms with van der Waals surface area (Å²) in [6.45, 7) is 3.32. The second-order valence-corrected chi connectivity index (χ2v) is 6.19. The maximum absolute atomic E-state index is 12.0. The van der Waals surface area contributed by atoms with Gasteiger partial charge in [0.1, 0.15) is 12.1 Å². The molecule has 2 rings (SSSR count). The average Bonchev–Trinajstić information content (AvgIpc) is 2.60. The molecule has 0 unspecified atom stereocenters. The van der Waals surface area contributed by atoms with Crippen LogP contribution in [0.25, 0.3) is 0 Å². The Balaban J connectivity index is 1.89. The fraction of sp³-hybridized carbons (Fsp3) is 0.857. The van der Waals surface area contributed by atoms with Crippen molar-refractivity contribution in [3.8, 4) is 0 Å². The third kappa shape index (κ3) is 3.49. The molecule has 2 fully saturated rings. The van der Waals surface area contributed by atoms with Crippen LogP contribution in [0.1, 0.15) is 45.4 Å². The zero-order valence-corrected chi connectivity index (χ0v) is 12.0. The molecule has 0 bridgehead atoms. The van der Waals surface area contributed by atoms with Crippen molar-refractivity contribution in [2.24, 2.45) is 0 Å². The van der Waals surface area contributed by atoms with Gasteiger partial charge in [0.2, 0.25) is 5.91 Å². The summed E-state index contributed by atoms with van der Waals surface area (Å²) in [4.78, 5) is 23.6. The Hall–Kier alpha value is -1.14. The number of nitrogens with one attached hydrogen (secondary N) is 2. The van der Waals surface area contributed by atoms with E-state index < -0.39 is 11.5 Å². The number of hydrogen-bond donors (Lipinski definition) is 3. The minimum absolute atomic E-state index is 0.0762. The molecule has 6 heteroatoms. The van der Waals surface area contributed by atoms with Gasteiger partial charge in [0.05, 0.1) is 5.60 Å². The lowest BCUT2D eigenvalue weighted by Gasteiger charge is -2.39. The number of rotatable bonds is 5. The number of carboxylic acid groups (broad SMARTS) is 1. The van der Waals surface area contributed by atoms with Crippen LogP contribution < -0.4 is 10.6 Å². The van der Waals surface area contributed by atoms with Crippen molar-refractivity contribution in [3.05, 3.63) is 0 Å². The Morgan fingerprint density at radius 3 is 2.25 bits per heavy atom. The molecule has 0 aromatic heterocycles. The Kier molecular flexibility index (Phi) is 4.65. The highest BCUT2D eigenvalue weighted by Crippen LogP contribution is 2.27. The van der Waals surface area contributed by atoms with Gasteiger partial charge in [0.25, 0.3) is 0 Å². The summed E-state index contributed by atoms with van der Waals surface area (Å²) >= 11 is 0. The molecule has 1 heterocycles. The normalized spacial score (nSPS) is 24.2. The second kappa shape index (κ2) is 6.10. The first kappa shape index (κ1) is 15.3. The van der Waals surface area contributed by atoms with E-state index in [2.05, 4.69) is 10.6 Å². The summed E-state index contributed by atoms with van der Waals surface area (Å²) in [5, 5.41) is 15.3. The topological polar surface area (TPSA) is 87.7 Å². The molecule has 114 valence electrons. The van der Waals surface area contributed by atoms with Crippen LogP contribution in [0.5, 0.6) is 0 Å². The second-order valence-electron chi connectivity index (χ2n) is 6.19. The molecule has 0 radical (unpaired) electrons. The van der Waals surface area contributed by atoms with Crippen LogP contribution in [-0.4, -0.2) is 47.8 Å². The van der Waals surface area contributed by atoms with Crippen LogP contribution in [0.4, 0.5) is 0 Å². The van der Waals surface area contributed by atoms with Crippen molar-refractivity contribution >= 4 is 11.9 Å². The standard InChI is InChI=1S/C14H24N2O4/c1-13(9-15-10-13)20-8-11(17)16-14(12(18)19)6-4-2-3-5-7-14/h15H,2-10H2,1H3,(H,16,17)(H,18,19). The molecule has 1 amide bonds. The zero-order valence-electron chi connectivity index (χ0n) is 12.0. The Morgan fingerprint density at radius 2 is 1.80 bits per heavy atom. The zero-order chi connectivity index (χ0) is 14.6. The summed E-state index contributed by atoms with van der Waals surface area (Å²) in [7, 11) is 0. The molecule has 1 saturated carbocycles. The number of aliphatic carboxylic acids is 1. The van der Waals surface area contributed by atoms with E-state index in [0.717, 1.165) is 38.8 Å². The van der Waals surface area contributed by atoms with Crippen LogP contribution in [0.3, 0.4) is 0 Å². The molecule has 2 aliphatic rings. The molecule has 3 N–H and O–H groups in total. The monoisotopic (exact) mass is 284 g/mol. The van der Waals surface area contributed by atoms with E-state index in [-0.39, 0.29) is 18.1 Å². The van der Waals surface area contributed by atoms with Crippen LogP contribution in [0.2, 0.25) is 0 Å². The van der Waals surface area contributed by atoms with Gasteiger partial charge < -0.3 is 20.5 Å².